The summed E-state index contributed by atoms with van der Waals surface area (Å²) >= 11 is 1.99. The van der Waals surface area contributed by atoms with Crippen LogP contribution < -0.4 is 10.6 Å². The maximum atomic E-state index is 11.0. The normalized spacial score (nSPS) is 20.5. The average Bonchev–Trinajstić information content (AvgIpc) is 2.83. The van der Waals surface area contributed by atoms with Crippen LogP contribution in [0.5, 0.6) is 0 Å². The van der Waals surface area contributed by atoms with E-state index < -0.39 is 9.84 Å². The van der Waals surface area contributed by atoms with Gasteiger partial charge in [0.2, 0.25) is 0 Å². The van der Waals surface area contributed by atoms with E-state index in [1.165, 1.54) is 24.9 Å². The van der Waals surface area contributed by atoms with Crippen molar-refractivity contribution in [1.29, 1.82) is 0 Å². The van der Waals surface area contributed by atoms with Crippen LogP contribution in [-0.2, 0) is 9.84 Å². The highest BCUT2D eigenvalue weighted by Crippen LogP contribution is 2.25. The van der Waals surface area contributed by atoms with Crippen molar-refractivity contribution in [1.82, 2.24) is 10.6 Å². The summed E-state index contributed by atoms with van der Waals surface area (Å²) in [4.78, 5) is 4.55. The maximum Gasteiger partial charge on any atom is 0.191 e. The van der Waals surface area contributed by atoms with Crippen molar-refractivity contribution in [3.05, 3.63) is 0 Å². The van der Waals surface area contributed by atoms with E-state index in [1.54, 1.807) is 0 Å². The fourth-order valence-electron chi connectivity index (χ4n) is 1.86. The Labute approximate surface area is 120 Å². The molecule has 0 amide bonds. The van der Waals surface area contributed by atoms with Crippen LogP contribution in [0.2, 0.25) is 0 Å². The zero-order valence-corrected chi connectivity index (χ0v) is 13.4. The number of guanidine groups is 1. The van der Waals surface area contributed by atoms with Gasteiger partial charge in [0.15, 0.2) is 5.96 Å². The standard InChI is InChI=1S/C12H25N3O2S2/c1-3-13-12(14-7-5-9-19(2,16)17)15-10-11-6-4-8-18-11/h11H,3-10H2,1-2H3,(H2,13,14,15). The first-order chi connectivity index (χ1) is 9.01. The molecule has 0 saturated carbocycles. The molecule has 1 unspecified atom stereocenters. The molecule has 1 heterocycles. The third-order valence-electron chi connectivity index (χ3n) is 2.81. The molecule has 0 bridgehead atoms. The summed E-state index contributed by atoms with van der Waals surface area (Å²) in [6.07, 6.45) is 4.43. The summed E-state index contributed by atoms with van der Waals surface area (Å²) in [6, 6.07) is 0. The molecule has 0 spiro atoms. The van der Waals surface area contributed by atoms with E-state index in [0.717, 1.165) is 19.0 Å². The Morgan fingerprint density at radius 3 is 2.79 bits per heavy atom. The molecule has 1 fully saturated rings. The highest BCUT2D eigenvalue weighted by atomic mass is 32.2. The molecule has 1 aliphatic rings. The van der Waals surface area contributed by atoms with Crippen molar-refractivity contribution in [2.45, 2.75) is 31.4 Å². The minimum absolute atomic E-state index is 0.220. The number of thioether (sulfide) groups is 1. The van der Waals surface area contributed by atoms with Crippen molar-refractivity contribution in [2.24, 2.45) is 4.99 Å². The molecule has 1 aliphatic heterocycles. The number of nitrogens with zero attached hydrogens (tertiary/aromatic N) is 1. The van der Waals surface area contributed by atoms with Crippen LogP contribution in [0, 0.1) is 0 Å². The zero-order valence-electron chi connectivity index (χ0n) is 11.8. The zero-order chi connectivity index (χ0) is 14.1. The first-order valence-corrected chi connectivity index (χ1v) is 9.93. The minimum atomic E-state index is -2.86. The Hall–Kier alpha value is -0.430. The third-order valence-corrected chi connectivity index (χ3v) is 5.22. The van der Waals surface area contributed by atoms with E-state index in [9.17, 15) is 8.42 Å². The highest BCUT2D eigenvalue weighted by molar-refractivity contribution is 8.00. The summed E-state index contributed by atoms with van der Waals surface area (Å²) in [6.45, 7) is 4.32. The van der Waals surface area contributed by atoms with Gasteiger partial charge in [0, 0.05) is 24.6 Å². The lowest BCUT2D eigenvalue weighted by atomic mass is 10.2. The van der Waals surface area contributed by atoms with Crippen LogP contribution in [0.15, 0.2) is 4.99 Å². The second-order valence-electron chi connectivity index (χ2n) is 4.76. The topological polar surface area (TPSA) is 70.6 Å². The van der Waals surface area contributed by atoms with E-state index in [1.807, 2.05) is 18.7 Å². The fourth-order valence-corrected chi connectivity index (χ4v) is 3.71. The number of hydrogen-bond donors (Lipinski definition) is 2. The molecule has 0 aromatic heterocycles. The van der Waals surface area contributed by atoms with Crippen molar-refractivity contribution >= 4 is 27.6 Å². The third kappa shape index (κ3) is 8.36. The molecule has 1 saturated heterocycles. The van der Waals surface area contributed by atoms with Gasteiger partial charge in [-0.25, -0.2) is 8.42 Å². The number of rotatable bonds is 7. The molecular weight excluding hydrogens is 282 g/mol. The Morgan fingerprint density at radius 2 is 2.21 bits per heavy atom. The molecule has 0 aromatic carbocycles. The van der Waals surface area contributed by atoms with Gasteiger partial charge >= 0.3 is 0 Å². The van der Waals surface area contributed by atoms with Gasteiger partial charge in [-0.2, -0.15) is 11.8 Å². The summed E-state index contributed by atoms with van der Waals surface area (Å²) in [7, 11) is -2.86. The number of nitrogens with one attached hydrogen (secondary N) is 2. The molecule has 112 valence electrons. The van der Waals surface area contributed by atoms with E-state index in [0.29, 0.717) is 18.2 Å². The first kappa shape index (κ1) is 16.6. The molecular formula is C12H25N3O2S2. The summed E-state index contributed by atoms with van der Waals surface area (Å²) < 4.78 is 22.0. The van der Waals surface area contributed by atoms with Crippen LogP contribution >= 0.6 is 11.8 Å². The van der Waals surface area contributed by atoms with Crippen LogP contribution in [-0.4, -0.2) is 57.0 Å². The van der Waals surface area contributed by atoms with Gasteiger partial charge < -0.3 is 10.6 Å². The van der Waals surface area contributed by atoms with Gasteiger partial charge in [-0.3, -0.25) is 4.99 Å². The van der Waals surface area contributed by atoms with E-state index >= 15 is 0 Å². The lowest BCUT2D eigenvalue weighted by molar-refractivity contribution is 0.598. The van der Waals surface area contributed by atoms with Gasteiger partial charge in [0.25, 0.3) is 0 Å². The predicted octanol–water partition coefficient (Wildman–Crippen LogP) is 0.872. The first-order valence-electron chi connectivity index (χ1n) is 6.83. The summed E-state index contributed by atoms with van der Waals surface area (Å²) in [5.41, 5.74) is 0. The van der Waals surface area contributed by atoms with Crippen LogP contribution in [0.25, 0.3) is 0 Å². The largest absolute Gasteiger partial charge is 0.357 e. The van der Waals surface area contributed by atoms with E-state index in [4.69, 9.17) is 0 Å². The fraction of sp³-hybridized carbons (Fsp3) is 0.917. The van der Waals surface area contributed by atoms with Gasteiger partial charge in [0.05, 0.1) is 12.3 Å². The summed E-state index contributed by atoms with van der Waals surface area (Å²) in [5, 5.41) is 7.01. The van der Waals surface area contributed by atoms with Crippen LogP contribution in [0.1, 0.15) is 26.2 Å². The predicted molar refractivity (Wildman–Crippen MR) is 83.8 cm³/mol. The maximum absolute atomic E-state index is 11.0. The number of aliphatic imine (C=N–C) groups is 1. The Kier molecular flexibility index (Phi) is 7.60. The molecule has 5 nitrogen and oxygen atoms in total. The molecule has 19 heavy (non-hydrogen) atoms. The van der Waals surface area contributed by atoms with Crippen molar-refractivity contribution < 1.29 is 8.42 Å². The molecule has 0 aliphatic carbocycles. The van der Waals surface area contributed by atoms with Crippen molar-refractivity contribution in [3.8, 4) is 0 Å². The monoisotopic (exact) mass is 307 g/mol. The van der Waals surface area contributed by atoms with Crippen LogP contribution in [0.4, 0.5) is 0 Å². The van der Waals surface area contributed by atoms with Gasteiger partial charge in [0.1, 0.15) is 9.84 Å². The van der Waals surface area contributed by atoms with Crippen LogP contribution in [0.3, 0.4) is 0 Å². The SMILES string of the molecule is CCNC(=NCC1CCCS1)NCCCS(C)(=O)=O. The quantitative estimate of drug-likeness (QED) is 0.415. The average molecular weight is 307 g/mol. The Morgan fingerprint density at radius 1 is 1.42 bits per heavy atom. The van der Waals surface area contributed by atoms with Gasteiger partial charge in [-0.05, 0) is 31.9 Å². The lowest BCUT2D eigenvalue weighted by Gasteiger charge is -2.12. The second-order valence-corrected chi connectivity index (χ2v) is 8.43. The minimum Gasteiger partial charge on any atom is -0.357 e. The molecule has 2 N–H and O–H groups in total. The molecule has 0 radical (unpaired) electrons. The summed E-state index contributed by atoms with van der Waals surface area (Å²) in [5.74, 6) is 2.26. The van der Waals surface area contributed by atoms with Gasteiger partial charge in [-0.1, -0.05) is 0 Å². The van der Waals surface area contributed by atoms with Crippen molar-refractivity contribution in [3.63, 3.8) is 0 Å². The molecule has 1 atom stereocenters. The van der Waals surface area contributed by atoms with Crippen molar-refractivity contribution in [2.75, 3.05) is 37.4 Å². The number of sulfone groups is 1. The Balaban J connectivity index is 2.28. The highest BCUT2D eigenvalue weighted by Gasteiger charge is 2.14. The van der Waals surface area contributed by atoms with E-state index in [-0.39, 0.29) is 5.75 Å². The van der Waals surface area contributed by atoms with Gasteiger partial charge in [-0.15, -0.1) is 0 Å². The molecule has 1 rings (SSSR count). The lowest BCUT2D eigenvalue weighted by Crippen LogP contribution is -2.38. The second kappa shape index (κ2) is 8.68. The molecule has 0 aromatic rings. The number of hydrogen-bond acceptors (Lipinski definition) is 4. The molecule has 7 heteroatoms. The smallest absolute Gasteiger partial charge is 0.191 e. The Bertz CT molecular complexity index is 376. The van der Waals surface area contributed by atoms with E-state index in [2.05, 4.69) is 15.6 Å².